The van der Waals surface area contributed by atoms with E-state index in [-0.39, 0.29) is 11.3 Å². The number of hydrogen-bond donors (Lipinski definition) is 0. The van der Waals surface area contributed by atoms with Crippen molar-refractivity contribution in [2.75, 3.05) is 13.1 Å². The van der Waals surface area contributed by atoms with Crippen molar-refractivity contribution in [2.45, 2.75) is 25.3 Å². The van der Waals surface area contributed by atoms with Crippen LogP contribution in [-0.2, 0) is 10.3 Å². The Morgan fingerprint density at radius 1 is 0.724 bits per heavy atom. The lowest BCUT2D eigenvalue weighted by Crippen LogP contribution is -2.50. The van der Waals surface area contributed by atoms with Crippen molar-refractivity contribution in [1.82, 2.24) is 4.90 Å². The summed E-state index contributed by atoms with van der Waals surface area (Å²) in [6.07, 6.45) is 3.67. The number of allylic oxidation sites excluding steroid dienone is 1. The molecule has 0 unspecified atom stereocenters. The zero-order valence-electron chi connectivity index (χ0n) is 16.9. The second kappa shape index (κ2) is 8.59. The Kier molecular flexibility index (Phi) is 5.73. The molecule has 2 heteroatoms. The quantitative estimate of drug-likeness (QED) is 0.424. The first-order valence-corrected chi connectivity index (χ1v) is 10.3. The van der Waals surface area contributed by atoms with E-state index in [9.17, 15) is 4.79 Å². The molecular formula is C27H27NO. The summed E-state index contributed by atoms with van der Waals surface area (Å²) in [5.74, 6) is 0.147. The molecule has 1 aliphatic heterocycles. The third-order valence-electron chi connectivity index (χ3n) is 5.86. The molecule has 29 heavy (non-hydrogen) atoms. The van der Waals surface area contributed by atoms with E-state index in [1.807, 2.05) is 6.08 Å². The van der Waals surface area contributed by atoms with Gasteiger partial charge in [-0.05, 0) is 42.5 Å². The van der Waals surface area contributed by atoms with Gasteiger partial charge in [0, 0.05) is 13.1 Å². The van der Waals surface area contributed by atoms with Gasteiger partial charge in [-0.3, -0.25) is 9.69 Å². The van der Waals surface area contributed by atoms with Gasteiger partial charge in [0.2, 0.25) is 0 Å². The lowest BCUT2D eigenvalue weighted by molar-refractivity contribution is -0.112. The molecular weight excluding hydrogens is 354 g/mol. The van der Waals surface area contributed by atoms with Crippen LogP contribution in [0.5, 0.6) is 0 Å². The number of rotatable bonds is 5. The molecule has 0 spiro atoms. The highest BCUT2D eigenvalue weighted by molar-refractivity contribution is 5.88. The molecule has 0 radical (unpaired) electrons. The zero-order valence-corrected chi connectivity index (χ0v) is 16.9. The number of hydrogen-bond acceptors (Lipinski definition) is 2. The Bertz CT molecular complexity index is 870. The summed E-state index contributed by atoms with van der Waals surface area (Å²) in [6, 6.07) is 32.4. The Morgan fingerprint density at radius 2 is 1.10 bits per heavy atom. The van der Waals surface area contributed by atoms with Crippen LogP contribution in [0.2, 0.25) is 0 Å². The number of likely N-dealkylation sites (tertiary alicyclic amines) is 1. The Labute approximate surface area is 173 Å². The summed E-state index contributed by atoms with van der Waals surface area (Å²) < 4.78 is 0. The van der Waals surface area contributed by atoms with Crippen molar-refractivity contribution < 1.29 is 4.79 Å². The third kappa shape index (κ3) is 3.81. The monoisotopic (exact) mass is 381 g/mol. The summed E-state index contributed by atoms with van der Waals surface area (Å²) in [5.41, 5.74) is 4.73. The highest BCUT2D eigenvalue weighted by atomic mass is 16.1. The minimum absolute atomic E-state index is 0.147. The first kappa shape index (κ1) is 19.4. The molecule has 0 aliphatic carbocycles. The van der Waals surface area contributed by atoms with E-state index in [4.69, 9.17) is 0 Å². The van der Waals surface area contributed by atoms with Crippen LogP contribution in [0.1, 0.15) is 36.5 Å². The zero-order chi connectivity index (χ0) is 20.1. The first-order valence-electron chi connectivity index (χ1n) is 10.3. The standard InChI is InChI=1S/C27H27NO/c1-22(29)21-23-17-19-28(20-18-23)27(24-11-5-2-6-12-24,25-13-7-3-8-14-25)26-15-9-4-10-16-26/h2-16,21H,17-20H2,1H3. The lowest BCUT2D eigenvalue weighted by atomic mass is 9.74. The van der Waals surface area contributed by atoms with Crippen LogP contribution in [0.4, 0.5) is 0 Å². The fourth-order valence-electron chi connectivity index (χ4n) is 4.65. The molecule has 0 N–H and O–H groups in total. The van der Waals surface area contributed by atoms with E-state index in [1.54, 1.807) is 6.92 Å². The molecule has 4 rings (SSSR count). The molecule has 0 amide bonds. The van der Waals surface area contributed by atoms with Crippen LogP contribution in [0.3, 0.4) is 0 Å². The molecule has 1 aliphatic rings. The normalized spacial score (nSPS) is 15.1. The van der Waals surface area contributed by atoms with E-state index in [1.165, 1.54) is 22.3 Å². The second-order valence-electron chi connectivity index (χ2n) is 7.71. The van der Waals surface area contributed by atoms with E-state index < -0.39 is 0 Å². The smallest absolute Gasteiger partial charge is 0.152 e. The molecule has 3 aromatic carbocycles. The summed E-state index contributed by atoms with van der Waals surface area (Å²) in [4.78, 5) is 14.2. The van der Waals surface area contributed by atoms with Crippen LogP contribution in [0, 0.1) is 0 Å². The van der Waals surface area contributed by atoms with Gasteiger partial charge in [-0.2, -0.15) is 0 Å². The predicted molar refractivity (Wildman–Crippen MR) is 119 cm³/mol. The maximum Gasteiger partial charge on any atom is 0.152 e. The summed E-state index contributed by atoms with van der Waals surface area (Å²) in [5, 5.41) is 0. The van der Waals surface area contributed by atoms with Gasteiger partial charge < -0.3 is 0 Å². The number of nitrogens with zero attached hydrogens (tertiary/aromatic N) is 1. The molecule has 0 atom stereocenters. The molecule has 1 heterocycles. The number of ketones is 1. The topological polar surface area (TPSA) is 20.3 Å². The van der Waals surface area contributed by atoms with Crippen molar-refractivity contribution in [3.63, 3.8) is 0 Å². The summed E-state index contributed by atoms with van der Waals surface area (Å²) in [6.45, 7) is 3.47. The fraction of sp³-hybridized carbons (Fsp3) is 0.222. The Hall–Kier alpha value is -2.97. The molecule has 1 saturated heterocycles. The molecule has 0 bridgehead atoms. The Balaban J connectivity index is 1.89. The van der Waals surface area contributed by atoms with Crippen molar-refractivity contribution in [1.29, 1.82) is 0 Å². The number of carbonyl (C=O) groups is 1. The van der Waals surface area contributed by atoms with Crippen molar-refractivity contribution >= 4 is 5.78 Å². The third-order valence-corrected chi connectivity index (χ3v) is 5.86. The summed E-state index contributed by atoms with van der Waals surface area (Å²) >= 11 is 0. The van der Waals surface area contributed by atoms with E-state index in [0.29, 0.717) is 0 Å². The van der Waals surface area contributed by atoms with Gasteiger partial charge in [-0.15, -0.1) is 0 Å². The van der Waals surface area contributed by atoms with E-state index in [0.717, 1.165) is 25.9 Å². The van der Waals surface area contributed by atoms with Crippen LogP contribution in [0.25, 0.3) is 0 Å². The number of piperidine rings is 1. The average Bonchev–Trinajstić information content (AvgIpc) is 2.77. The van der Waals surface area contributed by atoms with E-state index >= 15 is 0 Å². The van der Waals surface area contributed by atoms with Gasteiger partial charge in [0.1, 0.15) is 0 Å². The lowest BCUT2D eigenvalue weighted by Gasteiger charge is -2.47. The first-order chi connectivity index (χ1) is 14.2. The van der Waals surface area contributed by atoms with Crippen molar-refractivity contribution in [2.24, 2.45) is 0 Å². The largest absolute Gasteiger partial charge is 0.295 e. The van der Waals surface area contributed by atoms with E-state index in [2.05, 4.69) is 95.9 Å². The predicted octanol–water partition coefficient (Wildman–Crippen LogP) is 5.59. The maximum atomic E-state index is 11.6. The van der Waals surface area contributed by atoms with Crippen molar-refractivity contribution in [3.05, 3.63) is 119 Å². The molecule has 0 aromatic heterocycles. The average molecular weight is 382 g/mol. The van der Waals surface area contributed by atoms with Gasteiger partial charge in [0.05, 0.1) is 5.54 Å². The highest BCUT2D eigenvalue weighted by Gasteiger charge is 2.42. The van der Waals surface area contributed by atoms with Gasteiger partial charge in [-0.25, -0.2) is 0 Å². The Morgan fingerprint density at radius 3 is 1.45 bits per heavy atom. The van der Waals surface area contributed by atoms with Gasteiger partial charge in [-0.1, -0.05) is 96.6 Å². The van der Waals surface area contributed by atoms with Gasteiger partial charge >= 0.3 is 0 Å². The molecule has 0 saturated carbocycles. The molecule has 3 aromatic rings. The minimum atomic E-state index is -0.356. The summed E-state index contributed by atoms with van der Waals surface area (Å²) in [7, 11) is 0. The highest BCUT2D eigenvalue weighted by Crippen LogP contribution is 2.43. The SMILES string of the molecule is CC(=O)C=C1CCN(C(c2ccccc2)(c2ccccc2)c2ccccc2)CC1. The number of benzene rings is 3. The van der Waals surface area contributed by atoms with Gasteiger partial charge in [0.25, 0.3) is 0 Å². The minimum Gasteiger partial charge on any atom is -0.295 e. The van der Waals surface area contributed by atoms with Crippen molar-refractivity contribution in [3.8, 4) is 0 Å². The maximum absolute atomic E-state index is 11.6. The molecule has 2 nitrogen and oxygen atoms in total. The van der Waals surface area contributed by atoms with Crippen LogP contribution >= 0.6 is 0 Å². The molecule has 1 fully saturated rings. The number of carbonyl (C=O) groups excluding carboxylic acids is 1. The van der Waals surface area contributed by atoms with Crippen LogP contribution in [-0.4, -0.2) is 23.8 Å². The van der Waals surface area contributed by atoms with Gasteiger partial charge in [0.15, 0.2) is 5.78 Å². The van der Waals surface area contributed by atoms with Crippen LogP contribution < -0.4 is 0 Å². The van der Waals surface area contributed by atoms with Crippen LogP contribution in [0.15, 0.2) is 103 Å². The molecule has 146 valence electrons. The fourth-order valence-corrected chi connectivity index (χ4v) is 4.65. The second-order valence-corrected chi connectivity index (χ2v) is 7.71.